The fraction of sp³-hybridized carbons (Fsp3) is 0.316. The number of hydrogen-bond donors (Lipinski definition) is 1. The number of benzene rings is 2. The van der Waals surface area contributed by atoms with Gasteiger partial charge in [0.25, 0.3) is 0 Å². The molecule has 0 saturated carbocycles. The lowest BCUT2D eigenvalue weighted by Gasteiger charge is -2.21. The van der Waals surface area contributed by atoms with Crippen LogP contribution >= 0.6 is 0 Å². The zero-order chi connectivity index (χ0) is 20.0. The lowest BCUT2D eigenvalue weighted by molar-refractivity contribution is -0.116. The number of amides is 1. The number of carbonyl (C=O) groups is 1. The SMILES string of the molecule is COc1ccc(S(=O)(=O)NCCN(C(C)=O)c2ccc(C)cc2)c(OC)c1. The summed E-state index contributed by atoms with van der Waals surface area (Å²) in [5.74, 6) is 0.511. The number of hydrogen-bond acceptors (Lipinski definition) is 5. The van der Waals surface area contributed by atoms with Gasteiger partial charge in [-0.15, -0.1) is 0 Å². The second-order valence-electron chi connectivity index (χ2n) is 5.92. The Morgan fingerprint density at radius 2 is 1.74 bits per heavy atom. The highest BCUT2D eigenvalue weighted by Gasteiger charge is 2.21. The molecule has 0 atom stereocenters. The van der Waals surface area contributed by atoms with Crippen LogP contribution in [0.15, 0.2) is 47.4 Å². The molecule has 0 unspecified atom stereocenters. The van der Waals surface area contributed by atoms with Crippen molar-refractivity contribution >= 4 is 21.6 Å². The first kappa shape index (κ1) is 20.7. The molecule has 1 amide bonds. The van der Waals surface area contributed by atoms with Crippen LogP contribution in [-0.4, -0.2) is 41.6 Å². The Bertz CT molecular complexity index is 895. The third kappa shape index (κ3) is 5.21. The van der Waals surface area contributed by atoms with Crippen molar-refractivity contribution in [1.29, 1.82) is 0 Å². The highest BCUT2D eigenvalue weighted by atomic mass is 32.2. The summed E-state index contributed by atoms with van der Waals surface area (Å²) in [6, 6.07) is 11.9. The summed E-state index contributed by atoms with van der Waals surface area (Å²) in [6.07, 6.45) is 0. The van der Waals surface area contributed by atoms with Gasteiger partial charge < -0.3 is 14.4 Å². The van der Waals surface area contributed by atoms with Crippen molar-refractivity contribution < 1.29 is 22.7 Å². The third-order valence-corrected chi connectivity index (χ3v) is 5.51. The molecule has 8 heteroatoms. The molecule has 7 nitrogen and oxygen atoms in total. The highest BCUT2D eigenvalue weighted by molar-refractivity contribution is 7.89. The van der Waals surface area contributed by atoms with E-state index in [9.17, 15) is 13.2 Å². The molecule has 146 valence electrons. The highest BCUT2D eigenvalue weighted by Crippen LogP contribution is 2.28. The van der Waals surface area contributed by atoms with Crippen molar-refractivity contribution in [3.8, 4) is 11.5 Å². The van der Waals surface area contributed by atoms with E-state index in [1.165, 1.54) is 38.2 Å². The van der Waals surface area contributed by atoms with E-state index in [2.05, 4.69) is 4.72 Å². The van der Waals surface area contributed by atoms with E-state index in [0.717, 1.165) is 5.56 Å². The number of nitrogens with zero attached hydrogens (tertiary/aromatic N) is 1. The molecule has 0 bridgehead atoms. The Balaban J connectivity index is 2.12. The average molecular weight is 392 g/mol. The van der Waals surface area contributed by atoms with E-state index in [1.807, 2.05) is 31.2 Å². The molecule has 2 aromatic rings. The van der Waals surface area contributed by atoms with Gasteiger partial charge in [-0.05, 0) is 31.2 Å². The van der Waals surface area contributed by atoms with E-state index < -0.39 is 10.0 Å². The summed E-state index contributed by atoms with van der Waals surface area (Å²) in [5.41, 5.74) is 1.80. The maximum Gasteiger partial charge on any atom is 0.244 e. The summed E-state index contributed by atoms with van der Waals surface area (Å²) < 4.78 is 38.0. The Kier molecular flexibility index (Phi) is 6.81. The molecule has 2 aromatic carbocycles. The van der Waals surface area contributed by atoms with Crippen LogP contribution < -0.4 is 19.1 Å². The van der Waals surface area contributed by atoms with Gasteiger partial charge in [-0.2, -0.15) is 0 Å². The maximum atomic E-state index is 12.6. The van der Waals surface area contributed by atoms with Crippen LogP contribution in [0.1, 0.15) is 12.5 Å². The summed E-state index contributed by atoms with van der Waals surface area (Å²) in [4.78, 5) is 13.5. The zero-order valence-electron chi connectivity index (χ0n) is 15.9. The molecule has 0 aromatic heterocycles. The van der Waals surface area contributed by atoms with E-state index in [1.54, 1.807) is 6.07 Å². The van der Waals surface area contributed by atoms with Crippen molar-refractivity contribution in [2.45, 2.75) is 18.7 Å². The molecule has 0 heterocycles. The summed E-state index contributed by atoms with van der Waals surface area (Å²) in [7, 11) is -0.927. The summed E-state index contributed by atoms with van der Waals surface area (Å²) in [6.45, 7) is 3.67. The molecule has 27 heavy (non-hydrogen) atoms. The van der Waals surface area contributed by atoms with E-state index >= 15 is 0 Å². The molecule has 1 N–H and O–H groups in total. The second-order valence-corrected chi connectivity index (χ2v) is 7.66. The fourth-order valence-electron chi connectivity index (χ4n) is 2.56. The van der Waals surface area contributed by atoms with Crippen molar-refractivity contribution in [2.24, 2.45) is 0 Å². The van der Waals surface area contributed by atoms with Gasteiger partial charge in [0, 0.05) is 31.8 Å². The molecule has 2 rings (SSSR count). The average Bonchev–Trinajstić information content (AvgIpc) is 2.65. The standard InChI is InChI=1S/C19H24N2O5S/c1-14-5-7-16(8-6-14)21(15(2)22)12-11-20-27(23,24)19-10-9-17(25-3)13-18(19)26-4/h5-10,13,20H,11-12H2,1-4H3. The van der Waals surface area contributed by atoms with Crippen LogP contribution in [0.3, 0.4) is 0 Å². The Labute approximate surface area is 160 Å². The van der Waals surface area contributed by atoms with Crippen molar-refractivity contribution in [3.05, 3.63) is 48.0 Å². The minimum absolute atomic E-state index is 0.00973. The number of rotatable bonds is 8. The molecule has 0 fully saturated rings. The number of ether oxygens (including phenoxy) is 2. The smallest absolute Gasteiger partial charge is 0.244 e. The number of nitrogens with one attached hydrogen (secondary N) is 1. The maximum absolute atomic E-state index is 12.6. The molecule has 0 aliphatic carbocycles. The van der Waals surface area contributed by atoms with Gasteiger partial charge in [-0.1, -0.05) is 17.7 Å². The number of sulfonamides is 1. The number of anilines is 1. The number of methoxy groups -OCH3 is 2. The number of aryl methyl sites for hydroxylation is 1. The first-order chi connectivity index (χ1) is 12.8. The normalized spacial score (nSPS) is 11.1. The zero-order valence-corrected chi connectivity index (χ0v) is 16.7. The van der Waals surface area contributed by atoms with Crippen LogP contribution in [0.2, 0.25) is 0 Å². The molecule has 0 aliphatic rings. The minimum Gasteiger partial charge on any atom is -0.497 e. The quantitative estimate of drug-likeness (QED) is 0.745. The van der Waals surface area contributed by atoms with Crippen LogP contribution in [0, 0.1) is 6.92 Å². The van der Waals surface area contributed by atoms with E-state index in [-0.39, 0.29) is 29.6 Å². The van der Waals surface area contributed by atoms with Gasteiger partial charge >= 0.3 is 0 Å². The Morgan fingerprint density at radius 3 is 2.30 bits per heavy atom. The van der Waals surface area contributed by atoms with Crippen molar-refractivity contribution in [1.82, 2.24) is 4.72 Å². The van der Waals surface area contributed by atoms with Gasteiger partial charge in [0.15, 0.2) is 0 Å². The minimum atomic E-state index is -3.81. The Hall–Kier alpha value is -2.58. The molecule has 0 radical (unpaired) electrons. The molecule has 0 saturated heterocycles. The number of carbonyl (C=O) groups excluding carboxylic acids is 1. The first-order valence-corrected chi connectivity index (χ1v) is 9.83. The van der Waals surface area contributed by atoms with E-state index in [4.69, 9.17) is 9.47 Å². The second kappa shape index (κ2) is 8.88. The Morgan fingerprint density at radius 1 is 1.07 bits per heavy atom. The lowest BCUT2D eigenvalue weighted by Crippen LogP contribution is -2.37. The van der Waals surface area contributed by atoms with Crippen LogP contribution in [0.25, 0.3) is 0 Å². The van der Waals surface area contributed by atoms with Crippen molar-refractivity contribution in [3.63, 3.8) is 0 Å². The molecular formula is C19H24N2O5S. The fourth-order valence-corrected chi connectivity index (χ4v) is 3.73. The van der Waals surface area contributed by atoms with E-state index in [0.29, 0.717) is 11.4 Å². The van der Waals surface area contributed by atoms with Crippen LogP contribution in [-0.2, 0) is 14.8 Å². The van der Waals surface area contributed by atoms with Gasteiger partial charge in [0.2, 0.25) is 15.9 Å². The first-order valence-electron chi connectivity index (χ1n) is 8.35. The third-order valence-electron chi connectivity index (χ3n) is 4.01. The van der Waals surface area contributed by atoms with Gasteiger partial charge in [0.1, 0.15) is 16.4 Å². The predicted molar refractivity (Wildman–Crippen MR) is 104 cm³/mol. The predicted octanol–water partition coefficient (Wildman–Crippen LogP) is 2.34. The van der Waals surface area contributed by atoms with Crippen LogP contribution in [0.5, 0.6) is 11.5 Å². The molecule has 0 spiro atoms. The monoisotopic (exact) mass is 392 g/mol. The summed E-state index contributed by atoms with van der Waals surface area (Å²) >= 11 is 0. The van der Waals surface area contributed by atoms with Gasteiger partial charge in [0.05, 0.1) is 14.2 Å². The van der Waals surface area contributed by atoms with Crippen LogP contribution in [0.4, 0.5) is 5.69 Å². The van der Waals surface area contributed by atoms with Gasteiger partial charge in [-0.25, -0.2) is 13.1 Å². The van der Waals surface area contributed by atoms with Crippen molar-refractivity contribution in [2.75, 3.05) is 32.2 Å². The molecular weight excluding hydrogens is 368 g/mol. The summed E-state index contributed by atoms with van der Waals surface area (Å²) in [5, 5.41) is 0. The van der Waals surface area contributed by atoms with Gasteiger partial charge in [-0.3, -0.25) is 4.79 Å². The topological polar surface area (TPSA) is 84.9 Å². The molecule has 0 aliphatic heterocycles. The lowest BCUT2D eigenvalue weighted by atomic mass is 10.2. The largest absolute Gasteiger partial charge is 0.497 e.